The van der Waals surface area contributed by atoms with Crippen LogP contribution in [0.3, 0.4) is 0 Å². The van der Waals surface area contributed by atoms with E-state index in [9.17, 15) is 4.79 Å². The smallest absolute Gasteiger partial charge is 0.292 e. The van der Waals surface area contributed by atoms with Gasteiger partial charge in [-0.15, -0.1) is 10.2 Å². The molecule has 0 unspecified atom stereocenters. The fourth-order valence-corrected chi connectivity index (χ4v) is 2.51. The van der Waals surface area contributed by atoms with Gasteiger partial charge >= 0.3 is 0 Å². The molecule has 0 saturated heterocycles. The predicted octanol–water partition coefficient (Wildman–Crippen LogP) is 4.56. The van der Waals surface area contributed by atoms with Crippen molar-refractivity contribution in [2.75, 3.05) is 7.11 Å². The van der Waals surface area contributed by atoms with E-state index >= 15 is 0 Å². The Labute approximate surface area is 140 Å². The summed E-state index contributed by atoms with van der Waals surface area (Å²) in [6.07, 6.45) is 0. The topological polar surface area (TPSA) is 82.6 Å². The number of nitrogens with zero attached hydrogens (tertiary/aromatic N) is 2. The molecule has 6 nitrogen and oxygen atoms in total. The molecule has 3 aromatic rings. The van der Waals surface area contributed by atoms with E-state index in [0.29, 0.717) is 17.1 Å². The summed E-state index contributed by atoms with van der Waals surface area (Å²) in [6, 6.07) is 14.8. The van der Waals surface area contributed by atoms with Gasteiger partial charge in [-0.3, -0.25) is 15.0 Å². The van der Waals surface area contributed by atoms with E-state index in [2.05, 4.69) is 36.4 Å². The summed E-state index contributed by atoms with van der Waals surface area (Å²) in [7, 11) is 1.56. The lowest BCUT2D eigenvalue weighted by atomic mass is 10.1. The highest BCUT2D eigenvalue weighted by molar-refractivity contribution is 9.10. The van der Waals surface area contributed by atoms with Crippen molar-refractivity contribution >= 4 is 27.3 Å². The zero-order valence-corrected chi connectivity index (χ0v) is 13.8. The maximum Gasteiger partial charge on any atom is 0.292 e. The van der Waals surface area contributed by atoms with E-state index < -0.39 is 0 Å². The highest BCUT2D eigenvalue weighted by Crippen LogP contribution is 2.31. The Morgan fingerprint density at radius 3 is 2.65 bits per heavy atom. The number of H-pyrrole nitrogens is 2. The Kier molecular flexibility index (Phi) is 4.38. The lowest BCUT2D eigenvalue weighted by molar-refractivity contribution is 0.416. The molecule has 0 radical (unpaired) electrons. The van der Waals surface area contributed by atoms with Crippen molar-refractivity contribution in [1.29, 1.82) is 0 Å². The molecule has 0 fully saturated rings. The van der Waals surface area contributed by atoms with E-state index in [-0.39, 0.29) is 11.2 Å². The Morgan fingerprint density at radius 1 is 1.04 bits per heavy atom. The van der Waals surface area contributed by atoms with Crippen LogP contribution in [-0.4, -0.2) is 17.3 Å². The third-order valence-corrected chi connectivity index (χ3v) is 3.70. The summed E-state index contributed by atoms with van der Waals surface area (Å²) in [5, 5.41) is 13.6. The molecular formula is C16H13BrN4O2. The molecule has 0 amide bonds. The predicted molar refractivity (Wildman–Crippen MR) is 91.7 cm³/mol. The van der Waals surface area contributed by atoms with Gasteiger partial charge in [0.1, 0.15) is 11.4 Å². The second-order valence-corrected chi connectivity index (χ2v) is 5.60. The Bertz CT molecular complexity index is 914. The van der Waals surface area contributed by atoms with Crippen LogP contribution in [0.15, 0.2) is 68.0 Å². The zero-order chi connectivity index (χ0) is 16.2. The summed E-state index contributed by atoms with van der Waals surface area (Å²) >= 11 is 3.41. The quantitative estimate of drug-likeness (QED) is 0.658. The minimum Gasteiger partial charge on any atom is -0.494 e. The van der Waals surface area contributed by atoms with Gasteiger partial charge < -0.3 is 4.74 Å². The van der Waals surface area contributed by atoms with Crippen LogP contribution in [-0.2, 0) is 0 Å². The number of aromatic nitrogens is 2. The number of aromatic amines is 2. The van der Waals surface area contributed by atoms with E-state index in [1.54, 1.807) is 19.2 Å². The number of hydrogen-bond donors (Lipinski definition) is 2. The normalized spacial score (nSPS) is 11.0. The number of ether oxygens (including phenoxy) is 1. The number of methoxy groups -OCH3 is 1. The third-order valence-electron chi connectivity index (χ3n) is 3.21. The van der Waals surface area contributed by atoms with Gasteiger partial charge in [-0.25, -0.2) is 0 Å². The molecule has 0 aliphatic heterocycles. The summed E-state index contributed by atoms with van der Waals surface area (Å²) in [5.41, 5.74) is 1.84. The van der Waals surface area contributed by atoms with Crippen LogP contribution in [0.25, 0.3) is 11.3 Å². The van der Waals surface area contributed by atoms with Gasteiger partial charge in [0.05, 0.1) is 12.8 Å². The highest BCUT2D eigenvalue weighted by Gasteiger charge is 2.12. The molecule has 7 heteroatoms. The number of rotatable bonds is 4. The Balaban J connectivity index is 2.03. The molecule has 0 aliphatic carbocycles. The lowest BCUT2D eigenvalue weighted by Crippen LogP contribution is -1.96. The molecule has 3 rings (SSSR count). The number of azo groups is 1. The van der Waals surface area contributed by atoms with Crippen LogP contribution < -0.4 is 10.3 Å². The number of para-hydroxylation sites is 1. The summed E-state index contributed by atoms with van der Waals surface area (Å²) in [4.78, 5) is 12.0. The maximum absolute atomic E-state index is 12.0. The second kappa shape index (κ2) is 6.62. The Morgan fingerprint density at radius 2 is 1.87 bits per heavy atom. The first-order valence-corrected chi connectivity index (χ1v) is 7.59. The van der Waals surface area contributed by atoms with Crippen molar-refractivity contribution in [3.8, 4) is 17.0 Å². The van der Waals surface area contributed by atoms with Crippen LogP contribution >= 0.6 is 15.9 Å². The molecule has 0 bridgehead atoms. The van der Waals surface area contributed by atoms with E-state index in [1.165, 1.54) is 0 Å². The molecule has 0 saturated carbocycles. The summed E-state index contributed by atoms with van der Waals surface area (Å²) in [6.45, 7) is 0. The number of benzene rings is 2. The SMILES string of the molecule is COc1ccccc1N=Nc1c(-c2cccc(Br)c2)[nH][nH]c1=O. The zero-order valence-electron chi connectivity index (χ0n) is 12.2. The molecule has 1 aromatic heterocycles. The van der Waals surface area contributed by atoms with Crippen molar-refractivity contribution in [3.63, 3.8) is 0 Å². The number of nitrogens with one attached hydrogen (secondary N) is 2. The monoisotopic (exact) mass is 372 g/mol. The molecule has 0 aliphatic rings. The van der Waals surface area contributed by atoms with Crippen LogP contribution in [0.2, 0.25) is 0 Å². The minimum atomic E-state index is -0.335. The first-order chi connectivity index (χ1) is 11.2. The first kappa shape index (κ1) is 15.2. The van der Waals surface area contributed by atoms with Gasteiger partial charge in [-0.05, 0) is 24.3 Å². The number of halogens is 1. The Hall–Kier alpha value is -2.67. The average molecular weight is 373 g/mol. The van der Waals surface area contributed by atoms with Crippen LogP contribution in [0.5, 0.6) is 5.75 Å². The largest absolute Gasteiger partial charge is 0.494 e. The van der Waals surface area contributed by atoms with Crippen LogP contribution in [0.4, 0.5) is 11.4 Å². The fourth-order valence-electron chi connectivity index (χ4n) is 2.12. The van der Waals surface area contributed by atoms with Crippen LogP contribution in [0.1, 0.15) is 0 Å². The molecule has 116 valence electrons. The highest BCUT2D eigenvalue weighted by atomic mass is 79.9. The third kappa shape index (κ3) is 3.24. The summed E-state index contributed by atoms with van der Waals surface area (Å²) < 4.78 is 6.13. The molecule has 0 spiro atoms. The molecule has 23 heavy (non-hydrogen) atoms. The molecule has 2 aromatic carbocycles. The van der Waals surface area contributed by atoms with Gasteiger partial charge in [-0.2, -0.15) is 0 Å². The van der Waals surface area contributed by atoms with E-state index in [4.69, 9.17) is 4.74 Å². The van der Waals surface area contributed by atoms with E-state index in [1.807, 2.05) is 36.4 Å². The first-order valence-electron chi connectivity index (χ1n) is 6.80. The van der Waals surface area contributed by atoms with E-state index in [0.717, 1.165) is 10.0 Å². The van der Waals surface area contributed by atoms with Crippen molar-refractivity contribution < 1.29 is 4.74 Å². The molecule has 0 atom stereocenters. The summed E-state index contributed by atoms with van der Waals surface area (Å²) in [5.74, 6) is 0.590. The van der Waals surface area contributed by atoms with Crippen molar-refractivity contribution in [2.24, 2.45) is 10.2 Å². The van der Waals surface area contributed by atoms with Crippen molar-refractivity contribution in [3.05, 3.63) is 63.4 Å². The van der Waals surface area contributed by atoms with Crippen molar-refractivity contribution in [2.45, 2.75) is 0 Å². The van der Waals surface area contributed by atoms with Crippen LogP contribution in [0, 0.1) is 0 Å². The lowest BCUT2D eigenvalue weighted by Gasteiger charge is -2.02. The van der Waals surface area contributed by atoms with Gasteiger partial charge in [0, 0.05) is 10.0 Å². The van der Waals surface area contributed by atoms with Gasteiger partial charge in [0.25, 0.3) is 5.56 Å². The fraction of sp³-hybridized carbons (Fsp3) is 0.0625. The molecular weight excluding hydrogens is 360 g/mol. The maximum atomic E-state index is 12.0. The average Bonchev–Trinajstić information content (AvgIpc) is 2.94. The second-order valence-electron chi connectivity index (χ2n) is 4.68. The molecule has 1 heterocycles. The molecule has 2 N–H and O–H groups in total. The van der Waals surface area contributed by atoms with Crippen molar-refractivity contribution in [1.82, 2.24) is 10.2 Å². The van der Waals surface area contributed by atoms with Gasteiger partial charge in [0.2, 0.25) is 0 Å². The van der Waals surface area contributed by atoms with Gasteiger partial charge in [-0.1, -0.05) is 40.2 Å². The van der Waals surface area contributed by atoms with Gasteiger partial charge in [0.15, 0.2) is 5.69 Å². The minimum absolute atomic E-state index is 0.217. The standard InChI is InChI=1S/C16H13BrN4O2/c1-23-13-8-3-2-7-12(13)18-20-15-14(19-21-16(15)22)10-5-4-6-11(17)9-10/h2-9H,1H3,(H2,19,21,22). The number of hydrogen-bond acceptors (Lipinski definition) is 4.